The molecular formula is C19H18N4O2. The first-order valence-corrected chi connectivity index (χ1v) is 8.20. The number of nitrogens with zero attached hydrogens (tertiary/aromatic N) is 4. The lowest BCUT2D eigenvalue weighted by molar-refractivity contribution is 0.190. The van der Waals surface area contributed by atoms with Crippen LogP contribution in [0.3, 0.4) is 0 Å². The summed E-state index contributed by atoms with van der Waals surface area (Å²) in [5.41, 5.74) is 3.46. The molecule has 6 heteroatoms. The number of ether oxygens (including phenoxy) is 1. The van der Waals surface area contributed by atoms with Gasteiger partial charge >= 0.3 is 0 Å². The lowest BCUT2D eigenvalue weighted by atomic mass is 10.1. The predicted molar refractivity (Wildman–Crippen MR) is 96.7 cm³/mol. The summed E-state index contributed by atoms with van der Waals surface area (Å²) >= 11 is 0. The zero-order valence-electron chi connectivity index (χ0n) is 13.9. The van der Waals surface area contributed by atoms with Crippen LogP contribution in [-0.2, 0) is 11.3 Å². The van der Waals surface area contributed by atoms with Crippen molar-refractivity contribution >= 4 is 16.6 Å². The van der Waals surface area contributed by atoms with Crippen LogP contribution in [0.15, 0.2) is 59.8 Å². The number of benzene rings is 1. The molecule has 0 radical (unpaired) electrons. The highest BCUT2D eigenvalue weighted by atomic mass is 16.5. The fraction of sp³-hybridized carbons (Fsp3) is 0.211. The zero-order valence-corrected chi connectivity index (χ0v) is 13.9. The molecule has 4 rings (SSSR count). The number of aromatic nitrogens is 4. The third kappa shape index (κ3) is 2.70. The van der Waals surface area contributed by atoms with Gasteiger partial charge in [0, 0.05) is 38.2 Å². The van der Waals surface area contributed by atoms with Gasteiger partial charge in [-0.05, 0) is 18.1 Å². The van der Waals surface area contributed by atoms with Gasteiger partial charge in [-0.3, -0.25) is 4.79 Å². The van der Waals surface area contributed by atoms with Crippen LogP contribution >= 0.6 is 0 Å². The van der Waals surface area contributed by atoms with E-state index < -0.39 is 0 Å². The van der Waals surface area contributed by atoms with Crippen molar-refractivity contribution in [1.82, 2.24) is 19.2 Å². The number of fused-ring (bicyclic) bond motifs is 3. The van der Waals surface area contributed by atoms with Crippen molar-refractivity contribution < 1.29 is 4.74 Å². The van der Waals surface area contributed by atoms with Gasteiger partial charge in [0.2, 0.25) is 0 Å². The largest absolute Gasteiger partial charge is 0.385 e. The quantitative estimate of drug-likeness (QED) is 0.527. The zero-order chi connectivity index (χ0) is 17.2. The smallest absolute Gasteiger partial charge is 0.261 e. The van der Waals surface area contributed by atoms with E-state index in [2.05, 4.69) is 10.1 Å². The van der Waals surface area contributed by atoms with Gasteiger partial charge in [-0.1, -0.05) is 30.3 Å². The van der Waals surface area contributed by atoms with Gasteiger partial charge in [0.1, 0.15) is 0 Å². The molecular weight excluding hydrogens is 316 g/mol. The number of rotatable bonds is 5. The number of pyridine rings is 1. The van der Waals surface area contributed by atoms with Crippen LogP contribution in [-0.4, -0.2) is 32.9 Å². The van der Waals surface area contributed by atoms with Crippen LogP contribution in [0.4, 0.5) is 0 Å². The van der Waals surface area contributed by atoms with Gasteiger partial charge in [0.05, 0.1) is 17.1 Å². The molecule has 0 aliphatic heterocycles. The van der Waals surface area contributed by atoms with Crippen LogP contribution in [0, 0.1) is 0 Å². The van der Waals surface area contributed by atoms with Crippen LogP contribution in [0.1, 0.15) is 6.42 Å². The molecule has 126 valence electrons. The average molecular weight is 334 g/mol. The summed E-state index contributed by atoms with van der Waals surface area (Å²) in [7, 11) is 1.66. The van der Waals surface area contributed by atoms with E-state index in [4.69, 9.17) is 4.74 Å². The summed E-state index contributed by atoms with van der Waals surface area (Å²) in [6.45, 7) is 1.25. The Balaban J connectivity index is 1.84. The van der Waals surface area contributed by atoms with Crippen molar-refractivity contribution in [3.63, 3.8) is 0 Å². The highest BCUT2D eigenvalue weighted by molar-refractivity contribution is 5.84. The van der Waals surface area contributed by atoms with E-state index in [-0.39, 0.29) is 5.56 Å². The number of aryl methyl sites for hydroxylation is 1. The second-order valence-corrected chi connectivity index (χ2v) is 5.88. The second kappa shape index (κ2) is 6.49. The highest BCUT2D eigenvalue weighted by Gasteiger charge is 2.12. The summed E-state index contributed by atoms with van der Waals surface area (Å²) < 4.78 is 8.48. The highest BCUT2D eigenvalue weighted by Crippen LogP contribution is 2.24. The summed E-state index contributed by atoms with van der Waals surface area (Å²) in [4.78, 5) is 17.2. The fourth-order valence-corrected chi connectivity index (χ4v) is 3.03. The fourth-order valence-electron chi connectivity index (χ4n) is 3.03. The summed E-state index contributed by atoms with van der Waals surface area (Å²) in [5, 5.41) is 5.02. The van der Waals surface area contributed by atoms with Gasteiger partial charge in [-0.15, -0.1) is 0 Å². The standard InChI is InChI=1S/C19H18N4O2/c1-25-11-5-9-22-10-8-17-16(19(22)24)12-20-18-15(13-21-23(17)18)14-6-3-2-4-7-14/h2-4,6-8,10,12-13H,5,9,11H2,1H3. The van der Waals surface area contributed by atoms with Crippen molar-refractivity contribution in [3.8, 4) is 11.1 Å². The molecule has 0 atom stereocenters. The molecule has 0 fully saturated rings. The molecule has 0 unspecified atom stereocenters. The molecule has 25 heavy (non-hydrogen) atoms. The predicted octanol–water partition coefficient (Wildman–Crippen LogP) is 2.75. The summed E-state index contributed by atoms with van der Waals surface area (Å²) in [6.07, 6.45) is 6.04. The van der Waals surface area contributed by atoms with E-state index in [9.17, 15) is 4.79 Å². The Labute approximate surface area is 144 Å². The average Bonchev–Trinajstić information content (AvgIpc) is 3.09. The van der Waals surface area contributed by atoms with Crippen LogP contribution in [0.5, 0.6) is 0 Å². The van der Waals surface area contributed by atoms with Crippen molar-refractivity contribution in [2.75, 3.05) is 13.7 Å². The third-order valence-electron chi connectivity index (χ3n) is 4.30. The molecule has 0 bridgehead atoms. The molecule has 0 saturated carbocycles. The number of hydrogen-bond acceptors (Lipinski definition) is 4. The van der Waals surface area contributed by atoms with E-state index in [1.165, 1.54) is 0 Å². The topological polar surface area (TPSA) is 61.4 Å². The Morgan fingerprint density at radius 3 is 2.76 bits per heavy atom. The Bertz CT molecular complexity index is 1080. The molecule has 3 aromatic heterocycles. The van der Waals surface area contributed by atoms with Gasteiger partial charge in [0.25, 0.3) is 5.56 Å². The van der Waals surface area contributed by atoms with Crippen molar-refractivity contribution in [1.29, 1.82) is 0 Å². The van der Waals surface area contributed by atoms with E-state index in [1.807, 2.05) is 42.6 Å². The molecule has 0 saturated heterocycles. The molecule has 0 aliphatic carbocycles. The normalized spacial score (nSPS) is 11.4. The maximum absolute atomic E-state index is 12.7. The van der Waals surface area contributed by atoms with Gasteiger partial charge < -0.3 is 9.30 Å². The van der Waals surface area contributed by atoms with Crippen LogP contribution < -0.4 is 5.56 Å². The molecule has 0 amide bonds. The third-order valence-corrected chi connectivity index (χ3v) is 4.30. The van der Waals surface area contributed by atoms with Crippen molar-refractivity contribution in [2.24, 2.45) is 0 Å². The Hall–Kier alpha value is -2.99. The lowest BCUT2D eigenvalue weighted by Crippen LogP contribution is -2.21. The van der Waals surface area contributed by atoms with Crippen molar-refractivity contribution in [2.45, 2.75) is 13.0 Å². The van der Waals surface area contributed by atoms with Gasteiger partial charge in [0.15, 0.2) is 5.65 Å². The first-order chi connectivity index (χ1) is 12.3. The Kier molecular flexibility index (Phi) is 4.03. The molecule has 6 nitrogen and oxygen atoms in total. The molecule has 0 N–H and O–H groups in total. The van der Waals surface area contributed by atoms with Crippen LogP contribution in [0.25, 0.3) is 27.7 Å². The minimum Gasteiger partial charge on any atom is -0.385 e. The van der Waals surface area contributed by atoms with E-state index in [1.54, 1.807) is 28.6 Å². The lowest BCUT2D eigenvalue weighted by Gasteiger charge is -2.08. The van der Waals surface area contributed by atoms with E-state index in [0.717, 1.165) is 28.7 Å². The molecule has 4 aromatic rings. The summed E-state index contributed by atoms with van der Waals surface area (Å²) in [5.74, 6) is 0. The van der Waals surface area contributed by atoms with E-state index >= 15 is 0 Å². The van der Waals surface area contributed by atoms with Gasteiger partial charge in [-0.25, -0.2) is 9.50 Å². The number of methoxy groups -OCH3 is 1. The van der Waals surface area contributed by atoms with Gasteiger partial charge in [-0.2, -0.15) is 5.10 Å². The monoisotopic (exact) mass is 334 g/mol. The first kappa shape index (κ1) is 15.5. The van der Waals surface area contributed by atoms with Crippen LogP contribution in [0.2, 0.25) is 0 Å². The molecule has 0 aliphatic rings. The first-order valence-electron chi connectivity index (χ1n) is 8.20. The molecule has 0 spiro atoms. The maximum atomic E-state index is 12.7. The second-order valence-electron chi connectivity index (χ2n) is 5.88. The molecule has 3 heterocycles. The minimum atomic E-state index is -0.0558. The maximum Gasteiger partial charge on any atom is 0.261 e. The Morgan fingerprint density at radius 2 is 1.96 bits per heavy atom. The minimum absolute atomic E-state index is 0.0558. The van der Waals surface area contributed by atoms with E-state index in [0.29, 0.717) is 18.5 Å². The summed E-state index contributed by atoms with van der Waals surface area (Å²) in [6, 6.07) is 11.9. The SMILES string of the molecule is COCCCn1ccc2c(cnc3c(-c4ccccc4)cnn32)c1=O. The molecule has 1 aromatic carbocycles. The number of hydrogen-bond donors (Lipinski definition) is 0. The Morgan fingerprint density at radius 1 is 1.12 bits per heavy atom. The van der Waals surface area contributed by atoms with Crippen molar-refractivity contribution in [3.05, 3.63) is 65.3 Å².